The first kappa shape index (κ1) is 17.9. The van der Waals surface area contributed by atoms with Gasteiger partial charge >= 0.3 is 0 Å². The third-order valence-corrected chi connectivity index (χ3v) is 5.09. The fraction of sp³-hybridized carbons (Fsp3) is 0.400. The van der Waals surface area contributed by atoms with Gasteiger partial charge in [0, 0.05) is 38.9 Å². The van der Waals surface area contributed by atoms with Gasteiger partial charge in [0.2, 0.25) is 5.91 Å². The summed E-state index contributed by atoms with van der Waals surface area (Å²) >= 11 is 5.95. The minimum atomic E-state index is -0.498. The topological polar surface area (TPSA) is 36.4 Å². The van der Waals surface area contributed by atoms with Gasteiger partial charge in [-0.25, -0.2) is 4.98 Å². The molecule has 0 unspecified atom stereocenters. The Morgan fingerprint density at radius 1 is 1.12 bits per heavy atom. The highest BCUT2D eigenvalue weighted by Crippen LogP contribution is 2.26. The number of carbonyl (C=O) groups excluding carboxylic acids is 1. The van der Waals surface area contributed by atoms with Gasteiger partial charge in [-0.2, -0.15) is 0 Å². The van der Waals surface area contributed by atoms with Gasteiger partial charge in [0.05, 0.1) is 5.41 Å². The number of halogens is 1. The van der Waals surface area contributed by atoms with Crippen LogP contribution >= 0.6 is 11.6 Å². The maximum Gasteiger partial charge on any atom is 0.232 e. The quantitative estimate of drug-likeness (QED) is 0.787. The summed E-state index contributed by atoms with van der Waals surface area (Å²) in [6.07, 6.45) is 1.74. The van der Waals surface area contributed by atoms with E-state index in [1.807, 2.05) is 61.2 Å². The summed E-state index contributed by atoms with van der Waals surface area (Å²) in [6, 6.07) is 13.9. The lowest BCUT2D eigenvalue weighted by Crippen LogP contribution is -2.52. The van der Waals surface area contributed by atoms with Crippen molar-refractivity contribution >= 4 is 17.5 Å². The molecule has 0 radical (unpaired) electrons. The molecule has 3 rings (SSSR count). The van der Waals surface area contributed by atoms with Crippen molar-refractivity contribution in [3.63, 3.8) is 0 Å². The van der Waals surface area contributed by atoms with Crippen molar-refractivity contribution in [2.75, 3.05) is 26.2 Å². The van der Waals surface area contributed by atoms with Gasteiger partial charge in [0.25, 0.3) is 0 Å². The molecule has 5 heteroatoms. The van der Waals surface area contributed by atoms with E-state index < -0.39 is 5.41 Å². The van der Waals surface area contributed by atoms with Crippen LogP contribution in [0.5, 0.6) is 0 Å². The predicted molar refractivity (Wildman–Crippen MR) is 101 cm³/mol. The lowest BCUT2D eigenvalue weighted by atomic mass is 9.83. The fourth-order valence-electron chi connectivity index (χ4n) is 3.28. The summed E-state index contributed by atoms with van der Waals surface area (Å²) in [5, 5.41) is 0.524. The second kappa shape index (κ2) is 7.54. The Balaban J connectivity index is 1.59. The molecule has 0 bridgehead atoms. The van der Waals surface area contributed by atoms with Crippen molar-refractivity contribution in [2.45, 2.75) is 25.8 Å². The minimum Gasteiger partial charge on any atom is -0.339 e. The molecule has 25 heavy (non-hydrogen) atoms. The Kier molecular flexibility index (Phi) is 5.40. The van der Waals surface area contributed by atoms with Crippen molar-refractivity contribution < 1.29 is 4.79 Å². The van der Waals surface area contributed by atoms with E-state index in [0.717, 1.165) is 43.9 Å². The molecule has 0 aliphatic carbocycles. The van der Waals surface area contributed by atoms with Crippen molar-refractivity contribution in [1.82, 2.24) is 14.8 Å². The Hall–Kier alpha value is -1.91. The second-order valence-electron chi connectivity index (χ2n) is 7.05. The average Bonchev–Trinajstić information content (AvgIpc) is 2.62. The van der Waals surface area contributed by atoms with E-state index in [1.54, 1.807) is 6.20 Å². The number of piperazine rings is 1. The molecule has 1 aromatic carbocycles. The van der Waals surface area contributed by atoms with Gasteiger partial charge in [-0.1, -0.05) is 41.9 Å². The predicted octanol–water partition coefficient (Wildman–Crippen LogP) is 3.36. The van der Waals surface area contributed by atoms with Gasteiger partial charge in [-0.15, -0.1) is 0 Å². The molecular weight excluding hydrogens is 334 g/mol. The summed E-state index contributed by atoms with van der Waals surface area (Å²) in [4.78, 5) is 21.4. The maximum absolute atomic E-state index is 13.0. The lowest BCUT2D eigenvalue weighted by molar-refractivity contribution is -0.138. The van der Waals surface area contributed by atoms with Crippen LogP contribution in [0.4, 0.5) is 0 Å². The summed E-state index contributed by atoms with van der Waals surface area (Å²) in [5.41, 5.74) is 1.72. The average molecular weight is 358 g/mol. The number of carbonyl (C=O) groups is 1. The van der Waals surface area contributed by atoms with Crippen LogP contribution in [0.1, 0.15) is 25.0 Å². The first-order valence-corrected chi connectivity index (χ1v) is 9.02. The molecule has 1 aliphatic rings. The van der Waals surface area contributed by atoms with Gasteiger partial charge < -0.3 is 4.90 Å². The van der Waals surface area contributed by atoms with Crippen LogP contribution in [0.25, 0.3) is 0 Å². The molecule has 132 valence electrons. The van der Waals surface area contributed by atoms with Gasteiger partial charge in [0.15, 0.2) is 0 Å². The molecule has 1 saturated heterocycles. The Morgan fingerprint density at radius 2 is 1.80 bits per heavy atom. The van der Waals surface area contributed by atoms with Crippen LogP contribution in [0.2, 0.25) is 5.15 Å². The number of benzene rings is 1. The zero-order chi connectivity index (χ0) is 17.9. The molecule has 2 aromatic rings. The molecule has 1 aromatic heterocycles. The highest BCUT2D eigenvalue weighted by molar-refractivity contribution is 6.29. The Labute approximate surface area is 154 Å². The second-order valence-corrected chi connectivity index (χ2v) is 7.43. The van der Waals surface area contributed by atoms with Crippen LogP contribution in [-0.4, -0.2) is 46.9 Å². The third-order valence-electron chi connectivity index (χ3n) is 4.89. The van der Waals surface area contributed by atoms with Crippen LogP contribution in [0.3, 0.4) is 0 Å². The van der Waals surface area contributed by atoms with Gasteiger partial charge in [0.1, 0.15) is 5.15 Å². The Bertz CT molecular complexity index is 725. The van der Waals surface area contributed by atoms with Crippen LogP contribution in [0, 0.1) is 0 Å². The molecular formula is C20H24ClN3O. The summed E-state index contributed by atoms with van der Waals surface area (Å²) in [7, 11) is 0. The number of hydrogen-bond acceptors (Lipinski definition) is 3. The minimum absolute atomic E-state index is 0.199. The van der Waals surface area contributed by atoms with E-state index >= 15 is 0 Å². The number of rotatable bonds is 4. The van der Waals surface area contributed by atoms with Crippen molar-refractivity contribution in [1.29, 1.82) is 0 Å². The van der Waals surface area contributed by atoms with Crippen LogP contribution < -0.4 is 0 Å². The Morgan fingerprint density at radius 3 is 2.44 bits per heavy atom. The molecule has 0 atom stereocenters. The summed E-state index contributed by atoms with van der Waals surface area (Å²) in [5.74, 6) is 0.199. The highest BCUT2D eigenvalue weighted by atomic mass is 35.5. The fourth-order valence-corrected chi connectivity index (χ4v) is 3.48. The third kappa shape index (κ3) is 4.20. The first-order valence-electron chi connectivity index (χ1n) is 8.64. The van der Waals surface area contributed by atoms with Gasteiger partial charge in [-0.05, 0) is 37.1 Å². The molecule has 1 aliphatic heterocycles. The zero-order valence-corrected chi connectivity index (χ0v) is 15.5. The number of amides is 1. The number of pyridine rings is 1. The van der Waals surface area contributed by atoms with Gasteiger partial charge in [-0.3, -0.25) is 9.69 Å². The lowest BCUT2D eigenvalue weighted by Gasteiger charge is -2.38. The number of hydrogen-bond donors (Lipinski definition) is 0. The maximum atomic E-state index is 13.0. The van der Waals surface area contributed by atoms with E-state index in [1.165, 1.54) is 0 Å². The molecule has 0 N–H and O–H groups in total. The summed E-state index contributed by atoms with van der Waals surface area (Å²) < 4.78 is 0. The number of aromatic nitrogens is 1. The van der Waals surface area contributed by atoms with Crippen LogP contribution in [0.15, 0.2) is 48.7 Å². The SMILES string of the molecule is CC(C)(C(=O)N1CCN(Cc2ccnc(Cl)c2)CC1)c1ccccc1. The molecule has 2 heterocycles. The number of nitrogens with zero attached hydrogens (tertiary/aromatic N) is 3. The van der Waals surface area contributed by atoms with E-state index in [4.69, 9.17) is 11.6 Å². The molecule has 0 saturated carbocycles. The van der Waals surface area contributed by atoms with Crippen molar-refractivity contribution in [2.24, 2.45) is 0 Å². The monoisotopic (exact) mass is 357 g/mol. The molecule has 1 amide bonds. The van der Waals surface area contributed by atoms with Crippen molar-refractivity contribution in [3.05, 3.63) is 64.9 Å². The first-order chi connectivity index (χ1) is 12.0. The van der Waals surface area contributed by atoms with E-state index in [9.17, 15) is 4.79 Å². The highest BCUT2D eigenvalue weighted by Gasteiger charge is 2.34. The molecule has 4 nitrogen and oxygen atoms in total. The van der Waals surface area contributed by atoms with E-state index in [2.05, 4.69) is 9.88 Å². The van der Waals surface area contributed by atoms with Crippen LogP contribution in [-0.2, 0) is 16.8 Å². The standard InChI is InChI=1S/C20H24ClN3O/c1-20(2,17-6-4-3-5-7-17)19(25)24-12-10-23(11-13-24)15-16-8-9-22-18(21)14-16/h3-9,14H,10-13,15H2,1-2H3. The van der Waals surface area contributed by atoms with E-state index in [-0.39, 0.29) is 5.91 Å². The largest absolute Gasteiger partial charge is 0.339 e. The zero-order valence-electron chi connectivity index (χ0n) is 14.8. The normalized spacial score (nSPS) is 16.0. The summed E-state index contributed by atoms with van der Waals surface area (Å²) in [6.45, 7) is 8.12. The smallest absolute Gasteiger partial charge is 0.232 e. The molecule has 0 spiro atoms. The van der Waals surface area contributed by atoms with E-state index in [0.29, 0.717) is 5.15 Å². The van der Waals surface area contributed by atoms with Crippen molar-refractivity contribution in [3.8, 4) is 0 Å². The molecule has 1 fully saturated rings.